The molecule has 2 aromatic carbocycles. The fourth-order valence-electron chi connectivity index (χ4n) is 2.38. The second-order valence-corrected chi connectivity index (χ2v) is 8.18. The number of halogens is 1. The number of aldehydes is 1. The van der Waals surface area contributed by atoms with Crippen molar-refractivity contribution in [3.8, 4) is 5.75 Å². The summed E-state index contributed by atoms with van der Waals surface area (Å²) in [5.41, 5.74) is 0.954. The molecule has 0 radical (unpaired) electrons. The first kappa shape index (κ1) is 16.0. The van der Waals surface area contributed by atoms with Crippen LogP contribution in [0.25, 0.3) is 0 Å². The lowest BCUT2D eigenvalue weighted by Gasteiger charge is -2.23. The molecule has 0 bridgehead atoms. The van der Waals surface area contributed by atoms with Crippen molar-refractivity contribution >= 4 is 36.4 Å². The van der Waals surface area contributed by atoms with Crippen molar-refractivity contribution in [3.05, 3.63) is 53.1 Å². The number of ether oxygens (including phenoxy) is 1. The Morgan fingerprint density at radius 2 is 1.81 bits per heavy atom. The number of hydrogen-bond donors (Lipinski definition) is 0. The lowest BCUT2D eigenvalue weighted by Crippen LogP contribution is -2.18. The molecule has 0 amide bonds. The van der Waals surface area contributed by atoms with Gasteiger partial charge in [-0.05, 0) is 36.3 Å². The van der Waals surface area contributed by atoms with E-state index >= 15 is 0 Å². The number of hydrogen-bond acceptors (Lipinski definition) is 2. The van der Waals surface area contributed by atoms with Gasteiger partial charge in [-0.1, -0.05) is 55.8 Å². The largest absolute Gasteiger partial charge is 0.494 e. The standard InChI is InChI=1S/C17H18ClO2P/c1-12(2)21(14-7-5-4-6-8-14)15-9-13(11-19)17(20-3)16(18)10-15/h4-12H,1-3H3. The van der Waals surface area contributed by atoms with Gasteiger partial charge in [0.2, 0.25) is 0 Å². The zero-order valence-corrected chi connectivity index (χ0v) is 14.0. The van der Waals surface area contributed by atoms with Crippen LogP contribution < -0.4 is 15.3 Å². The fraction of sp³-hybridized carbons (Fsp3) is 0.235. The molecular formula is C17H18ClO2P. The van der Waals surface area contributed by atoms with E-state index in [1.54, 1.807) is 0 Å². The molecule has 4 heteroatoms. The van der Waals surface area contributed by atoms with Gasteiger partial charge in [0, 0.05) is 0 Å². The highest BCUT2D eigenvalue weighted by molar-refractivity contribution is 7.73. The molecule has 110 valence electrons. The molecule has 0 spiro atoms. The number of rotatable bonds is 5. The molecule has 0 fully saturated rings. The Morgan fingerprint density at radius 1 is 1.14 bits per heavy atom. The highest BCUT2D eigenvalue weighted by Crippen LogP contribution is 2.41. The normalized spacial score (nSPS) is 12.2. The van der Waals surface area contributed by atoms with Gasteiger partial charge in [0.15, 0.2) is 6.29 Å². The van der Waals surface area contributed by atoms with Gasteiger partial charge in [-0.3, -0.25) is 4.79 Å². The van der Waals surface area contributed by atoms with Crippen LogP contribution >= 0.6 is 19.5 Å². The van der Waals surface area contributed by atoms with E-state index in [-0.39, 0.29) is 0 Å². The highest BCUT2D eigenvalue weighted by Gasteiger charge is 2.20. The average Bonchev–Trinajstić information content (AvgIpc) is 2.47. The first-order valence-corrected chi connectivity index (χ1v) is 8.54. The molecule has 0 aliphatic carbocycles. The molecule has 0 aromatic heterocycles. The Bertz CT molecular complexity index is 626. The summed E-state index contributed by atoms with van der Waals surface area (Å²) in [4.78, 5) is 11.3. The minimum absolute atomic E-state index is 0.446. The van der Waals surface area contributed by atoms with E-state index < -0.39 is 7.92 Å². The molecule has 0 aliphatic heterocycles. The Labute approximate surface area is 131 Å². The van der Waals surface area contributed by atoms with Crippen LogP contribution in [0.3, 0.4) is 0 Å². The van der Waals surface area contributed by atoms with E-state index in [1.807, 2.05) is 30.3 Å². The number of carbonyl (C=O) groups is 1. The van der Waals surface area contributed by atoms with Crippen LogP contribution in [0.15, 0.2) is 42.5 Å². The highest BCUT2D eigenvalue weighted by atomic mass is 35.5. The van der Waals surface area contributed by atoms with Crippen molar-refractivity contribution in [1.29, 1.82) is 0 Å². The summed E-state index contributed by atoms with van der Waals surface area (Å²) in [6, 6.07) is 14.2. The molecule has 0 aliphatic rings. The van der Waals surface area contributed by atoms with Gasteiger partial charge < -0.3 is 4.74 Å². The average molecular weight is 321 g/mol. The maximum atomic E-state index is 11.3. The predicted octanol–water partition coefficient (Wildman–Crippen LogP) is 4.00. The Hall–Kier alpha value is -1.37. The summed E-state index contributed by atoms with van der Waals surface area (Å²) in [5, 5.41) is 2.86. The third-order valence-electron chi connectivity index (χ3n) is 3.22. The lowest BCUT2D eigenvalue weighted by molar-refractivity contribution is 0.112. The van der Waals surface area contributed by atoms with Gasteiger partial charge in [-0.2, -0.15) is 0 Å². The minimum atomic E-state index is -0.564. The van der Waals surface area contributed by atoms with Crippen molar-refractivity contribution in [2.75, 3.05) is 7.11 Å². The second-order valence-electron chi connectivity index (χ2n) is 4.97. The summed E-state index contributed by atoms with van der Waals surface area (Å²) in [6.07, 6.45) is 0.799. The zero-order valence-electron chi connectivity index (χ0n) is 12.3. The van der Waals surface area contributed by atoms with Crippen LogP contribution in [0, 0.1) is 0 Å². The van der Waals surface area contributed by atoms with Crippen molar-refractivity contribution in [3.63, 3.8) is 0 Å². The van der Waals surface area contributed by atoms with Gasteiger partial charge in [-0.15, -0.1) is 0 Å². The monoisotopic (exact) mass is 320 g/mol. The molecule has 0 heterocycles. The van der Waals surface area contributed by atoms with Crippen LogP contribution in [0.5, 0.6) is 5.75 Å². The van der Waals surface area contributed by atoms with Crippen LogP contribution in [-0.4, -0.2) is 19.1 Å². The summed E-state index contributed by atoms with van der Waals surface area (Å²) in [6.45, 7) is 4.38. The third-order valence-corrected chi connectivity index (χ3v) is 6.20. The van der Waals surface area contributed by atoms with Crippen LogP contribution in [0.1, 0.15) is 24.2 Å². The first-order valence-electron chi connectivity index (χ1n) is 6.75. The maximum Gasteiger partial charge on any atom is 0.153 e. The van der Waals surface area contributed by atoms with Crippen molar-refractivity contribution in [2.24, 2.45) is 0 Å². The van der Waals surface area contributed by atoms with Gasteiger partial charge in [-0.25, -0.2) is 0 Å². The molecule has 2 rings (SSSR count). The summed E-state index contributed by atoms with van der Waals surface area (Å²) >= 11 is 6.28. The van der Waals surface area contributed by atoms with Crippen LogP contribution in [0.2, 0.25) is 5.02 Å². The number of carbonyl (C=O) groups excluding carboxylic acids is 1. The quantitative estimate of drug-likeness (QED) is 0.615. The zero-order chi connectivity index (χ0) is 15.4. The first-order chi connectivity index (χ1) is 10.1. The van der Waals surface area contributed by atoms with E-state index in [9.17, 15) is 4.79 Å². The SMILES string of the molecule is COc1c(Cl)cc(P(c2ccccc2)C(C)C)cc1C=O. The van der Waals surface area contributed by atoms with E-state index in [0.717, 1.165) is 11.6 Å². The van der Waals surface area contributed by atoms with Crippen LogP contribution in [-0.2, 0) is 0 Å². The minimum Gasteiger partial charge on any atom is -0.494 e. The molecule has 0 N–H and O–H groups in total. The number of benzene rings is 2. The fourth-order valence-corrected chi connectivity index (χ4v) is 5.29. The van der Waals surface area contributed by atoms with Gasteiger partial charge in [0.1, 0.15) is 5.75 Å². The lowest BCUT2D eigenvalue weighted by atomic mass is 10.2. The molecule has 2 nitrogen and oxygen atoms in total. The molecule has 0 saturated heterocycles. The van der Waals surface area contributed by atoms with Gasteiger partial charge in [0.05, 0.1) is 17.7 Å². The number of methoxy groups -OCH3 is 1. The van der Waals surface area contributed by atoms with E-state index in [4.69, 9.17) is 16.3 Å². The van der Waals surface area contributed by atoms with E-state index in [2.05, 4.69) is 26.0 Å². The molecule has 2 aromatic rings. The Balaban J connectivity index is 2.57. The van der Waals surface area contributed by atoms with Crippen molar-refractivity contribution < 1.29 is 9.53 Å². The molecule has 1 unspecified atom stereocenters. The van der Waals surface area contributed by atoms with Gasteiger partial charge in [0.25, 0.3) is 0 Å². The van der Waals surface area contributed by atoms with E-state index in [1.165, 1.54) is 12.4 Å². The third kappa shape index (κ3) is 3.45. The molecule has 21 heavy (non-hydrogen) atoms. The van der Waals surface area contributed by atoms with Crippen molar-refractivity contribution in [1.82, 2.24) is 0 Å². The molecular weight excluding hydrogens is 303 g/mol. The summed E-state index contributed by atoms with van der Waals surface area (Å²) < 4.78 is 5.21. The van der Waals surface area contributed by atoms with Gasteiger partial charge >= 0.3 is 0 Å². The maximum absolute atomic E-state index is 11.3. The predicted molar refractivity (Wildman–Crippen MR) is 91.2 cm³/mol. The Morgan fingerprint density at radius 3 is 2.33 bits per heavy atom. The van der Waals surface area contributed by atoms with E-state index in [0.29, 0.717) is 22.0 Å². The summed E-state index contributed by atoms with van der Waals surface area (Å²) in [7, 11) is 0.960. The second kappa shape index (κ2) is 7.06. The Kier molecular flexibility index (Phi) is 5.39. The van der Waals surface area contributed by atoms with Crippen LogP contribution in [0.4, 0.5) is 0 Å². The van der Waals surface area contributed by atoms with Crippen molar-refractivity contribution in [2.45, 2.75) is 19.5 Å². The smallest absolute Gasteiger partial charge is 0.153 e. The summed E-state index contributed by atoms with van der Waals surface area (Å²) in [5.74, 6) is 0.446. The molecule has 0 saturated carbocycles. The molecule has 1 atom stereocenters. The topological polar surface area (TPSA) is 26.3 Å².